The van der Waals surface area contributed by atoms with Gasteiger partial charge in [-0.15, -0.1) is 6.58 Å². The lowest BCUT2D eigenvalue weighted by atomic mass is 10.1. The van der Waals surface area contributed by atoms with Gasteiger partial charge in [0.15, 0.2) is 5.96 Å². The molecule has 2 N–H and O–H groups in total. The molecule has 4 heteroatoms. The Morgan fingerprint density at radius 3 is 2.95 bits per heavy atom. The van der Waals surface area contributed by atoms with Crippen molar-refractivity contribution in [2.24, 2.45) is 4.99 Å². The van der Waals surface area contributed by atoms with Gasteiger partial charge in [0.1, 0.15) is 0 Å². The molecule has 20 heavy (non-hydrogen) atoms. The van der Waals surface area contributed by atoms with Crippen molar-refractivity contribution in [1.29, 1.82) is 0 Å². The molecule has 0 aliphatic heterocycles. The van der Waals surface area contributed by atoms with Gasteiger partial charge in [-0.05, 0) is 18.1 Å². The van der Waals surface area contributed by atoms with Crippen LogP contribution in [0.1, 0.15) is 5.56 Å². The van der Waals surface area contributed by atoms with E-state index in [0.29, 0.717) is 6.54 Å². The van der Waals surface area contributed by atoms with Crippen molar-refractivity contribution >= 4 is 16.9 Å². The Morgan fingerprint density at radius 2 is 2.15 bits per heavy atom. The summed E-state index contributed by atoms with van der Waals surface area (Å²) in [5.41, 5.74) is 2.32. The normalized spacial score (nSPS) is 11.3. The Bertz CT molecular complexity index is 599. The fourth-order valence-corrected chi connectivity index (χ4v) is 2.07. The number of aliphatic imine (C=N–C) groups is 1. The molecule has 0 fully saturated rings. The molecule has 0 radical (unpaired) electrons. The van der Waals surface area contributed by atoms with E-state index in [1.165, 1.54) is 10.9 Å². The van der Waals surface area contributed by atoms with E-state index in [4.69, 9.17) is 0 Å². The van der Waals surface area contributed by atoms with Crippen LogP contribution in [0.2, 0.25) is 0 Å². The van der Waals surface area contributed by atoms with Crippen molar-refractivity contribution in [3.8, 4) is 0 Å². The Balaban J connectivity index is 1.97. The number of pyridine rings is 1. The SMILES string of the molecule is C=CCNC(=NC)NCCc1cccc2cccnc12. The van der Waals surface area contributed by atoms with Gasteiger partial charge in [0.05, 0.1) is 5.52 Å². The quantitative estimate of drug-likeness (QED) is 0.496. The number of aromatic nitrogens is 1. The molecule has 0 aliphatic carbocycles. The van der Waals surface area contributed by atoms with Crippen LogP contribution in [0.5, 0.6) is 0 Å². The standard InChI is InChI=1S/C16H20N4/c1-3-10-19-16(17-2)20-12-9-14-7-4-6-13-8-5-11-18-15(13)14/h3-8,11H,1,9-10,12H2,2H3,(H2,17,19,20). The average Bonchev–Trinajstić information content (AvgIpc) is 2.51. The molecule has 2 rings (SSSR count). The zero-order valence-corrected chi connectivity index (χ0v) is 11.8. The van der Waals surface area contributed by atoms with Gasteiger partial charge in [-0.25, -0.2) is 0 Å². The summed E-state index contributed by atoms with van der Waals surface area (Å²) in [7, 11) is 1.76. The molecule has 0 spiro atoms. The summed E-state index contributed by atoms with van der Waals surface area (Å²) >= 11 is 0. The molecule has 0 amide bonds. The summed E-state index contributed by atoms with van der Waals surface area (Å²) < 4.78 is 0. The molecule has 2 aromatic rings. The van der Waals surface area contributed by atoms with Crippen molar-refractivity contribution in [3.05, 3.63) is 54.7 Å². The lowest BCUT2D eigenvalue weighted by Crippen LogP contribution is -2.38. The van der Waals surface area contributed by atoms with E-state index >= 15 is 0 Å². The van der Waals surface area contributed by atoms with Crippen molar-refractivity contribution in [1.82, 2.24) is 15.6 Å². The Kier molecular flexibility index (Phi) is 5.12. The smallest absolute Gasteiger partial charge is 0.191 e. The van der Waals surface area contributed by atoms with Gasteiger partial charge in [0.2, 0.25) is 0 Å². The lowest BCUT2D eigenvalue weighted by Gasteiger charge is -2.11. The van der Waals surface area contributed by atoms with Crippen LogP contribution in [0.25, 0.3) is 10.9 Å². The third kappa shape index (κ3) is 3.57. The highest BCUT2D eigenvalue weighted by molar-refractivity contribution is 5.82. The van der Waals surface area contributed by atoms with E-state index in [9.17, 15) is 0 Å². The largest absolute Gasteiger partial charge is 0.356 e. The van der Waals surface area contributed by atoms with Crippen LogP contribution in [0, 0.1) is 0 Å². The summed E-state index contributed by atoms with van der Waals surface area (Å²) in [5, 5.41) is 7.61. The predicted octanol–water partition coefficient (Wildman–Crippen LogP) is 2.13. The average molecular weight is 268 g/mol. The molecule has 0 saturated carbocycles. The molecule has 1 aromatic carbocycles. The third-order valence-corrected chi connectivity index (χ3v) is 3.04. The van der Waals surface area contributed by atoms with Crippen LogP contribution in [0.3, 0.4) is 0 Å². The number of hydrogen-bond acceptors (Lipinski definition) is 2. The second kappa shape index (κ2) is 7.28. The summed E-state index contributed by atoms with van der Waals surface area (Å²) in [4.78, 5) is 8.61. The Labute approximate surface area is 119 Å². The molecule has 1 aromatic heterocycles. The highest BCUT2D eigenvalue weighted by atomic mass is 15.2. The van der Waals surface area contributed by atoms with E-state index < -0.39 is 0 Å². The predicted molar refractivity (Wildman–Crippen MR) is 85.0 cm³/mol. The summed E-state index contributed by atoms with van der Waals surface area (Å²) in [6.45, 7) is 5.19. The van der Waals surface area contributed by atoms with Gasteiger partial charge in [0.25, 0.3) is 0 Å². The van der Waals surface area contributed by atoms with Crippen molar-refractivity contribution in [3.63, 3.8) is 0 Å². The number of nitrogens with one attached hydrogen (secondary N) is 2. The molecular formula is C16H20N4. The number of guanidine groups is 1. The van der Waals surface area contributed by atoms with Crippen LogP contribution in [-0.2, 0) is 6.42 Å². The zero-order valence-electron chi connectivity index (χ0n) is 11.8. The van der Waals surface area contributed by atoms with Gasteiger partial charge in [-0.1, -0.05) is 30.3 Å². The first kappa shape index (κ1) is 14.1. The first-order chi connectivity index (χ1) is 9.85. The fraction of sp³-hybridized carbons (Fsp3) is 0.250. The maximum absolute atomic E-state index is 4.46. The van der Waals surface area contributed by atoms with Gasteiger partial charge in [0, 0.05) is 31.7 Å². The molecular weight excluding hydrogens is 248 g/mol. The van der Waals surface area contributed by atoms with E-state index in [1.54, 1.807) is 7.05 Å². The van der Waals surface area contributed by atoms with Gasteiger partial charge >= 0.3 is 0 Å². The third-order valence-electron chi connectivity index (χ3n) is 3.04. The minimum Gasteiger partial charge on any atom is -0.356 e. The van der Waals surface area contributed by atoms with E-state index in [2.05, 4.69) is 51.5 Å². The van der Waals surface area contributed by atoms with Gasteiger partial charge in [-0.2, -0.15) is 0 Å². The first-order valence-electron chi connectivity index (χ1n) is 6.73. The second-order valence-corrected chi connectivity index (χ2v) is 4.41. The van der Waals surface area contributed by atoms with Crippen molar-refractivity contribution in [2.45, 2.75) is 6.42 Å². The molecule has 0 saturated heterocycles. The fourth-order valence-electron chi connectivity index (χ4n) is 2.07. The van der Waals surface area contributed by atoms with Crippen LogP contribution in [0.15, 0.2) is 54.2 Å². The van der Waals surface area contributed by atoms with Crippen LogP contribution in [-0.4, -0.2) is 31.1 Å². The molecule has 4 nitrogen and oxygen atoms in total. The van der Waals surface area contributed by atoms with Crippen molar-refractivity contribution in [2.75, 3.05) is 20.1 Å². The molecule has 0 atom stereocenters. The highest BCUT2D eigenvalue weighted by Crippen LogP contribution is 2.15. The number of nitrogens with zero attached hydrogens (tertiary/aromatic N) is 2. The minimum atomic E-state index is 0.704. The van der Waals surface area contributed by atoms with Gasteiger partial charge < -0.3 is 10.6 Å². The van der Waals surface area contributed by atoms with E-state index in [-0.39, 0.29) is 0 Å². The van der Waals surface area contributed by atoms with Gasteiger partial charge in [-0.3, -0.25) is 9.98 Å². The zero-order chi connectivity index (χ0) is 14.2. The second-order valence-electron chi connectivity index (χ2n) is 4.41. The molecule has 0 unspecified atom stereocenters. The Hall–Kier alpha value is -2.36. The summed E-state index contributed by atoms with van der Waals surface area (Å²) in [6.07, 6.45) is 4.55. The number of rotatable bonds is 5. The monoisotopic (exact) mass is 268 g/mol. The first-order valence-corrected chi connectivity index (χ1v) is 6.73. The molecule has 0 aliphatic rings. The number of para-hydroxylation sites is 1. The lowest BCUT2D eigenvalue weighted by molar-refractivity contribution is 0.824. The maximum atomic E-state index is 4.46. The number of fused-ring (bicyclic) bond motifs is 1. The minimum absolute atomic E-state index is 0.704. The topological polar surface area (TPSA) is 49.3 Å². The van der Waals surface area contributed by atoms with E-state index in [0.717, 1.165) is 24.4 Å². The molecule has 104 valence electrons. The van der Waals surface area contributed by atoms with Crippen molar-refractivity contribution < 1.29 is 0 Å². The summed E-state index contributed by atoms with van der Waals surface area (Å²) in [5.74, 6) is 0.790. The highest BCUT2D eigenvalue weighted by Gasteiger charge is 2.02. The maximum Gasteiger partial charge on any atom is 0.191 e. The Morgan fingerprint density at radius 1 is 1.30 bits per heavy atom. The van der Waals surface area contributed by atoms with Crippen LogP contribution >= 0.6 is 0 Å². The van der Waals surface area contributed by atoms with E-state index in [1.807, 2.05) is 18.3 Å². The van der Waals surface area contributed by atoms with Crippen LogP contribution in [0.4, 0.5) is 0 Å². The molecule has 0 bridgehead atoms. The molecule has 1 heterocycles. The number of benzene rings is 1. The number of hydrogen-bond donors (Lipinski definition) is 2. The van der Waals surface area contributed by atoms with Crippen LogP contribution < -0.4 is 10.6 Å². The summed E-state index contributed by atoms with van der Waals surface area (Å²) in [6, 6.07) is 10.3.